The largest absolute Gasteiger partial charge is 0.390 e. The van der Waals surface area contributed by atoms with Crippen LogP contribution in [0.3, 0.4) is 0 Å². The molecule has 0 amide bonds. The number of aliphatic hydroxyl groups is 1. The summed E-state index contributed by atoms with van der Waals surface area (Å²) in [5.74, 6) is 2.26. The molecule has 0 heterocycles. The Balaban J connectivity index is 1.74. The molecule has 0 aromatic rings. The van der Waals surface area contributed by atoms with Gasteiger partial charge in [0.15, 0.2) is 0 Å². The van der Waals surface area contributed by atoms with E-state index in [1.165, 1.54) is 68.9 Å². The molecule has 3 aliphatic carbocycles. The van der Waals surface area contributed by atoms with Gasteiger partial charge >= 0.3 is 0 Å². The van der Waals surface area contributed by atoms with Gasteiger partial charge in [0.05, 0.1) is 5.60 Å². The number of rotatable bonds is 5. The van der Waals surface area contributed by atoms with Crippen molar-refractivity contribution < 1.29 is 5.11 Å². The van der Waals surface area contributed by atoms with Crippen molar-refractivity contribution in [3.05, 3.63) is 47.6 Å². The maximum absolute atomic E-state index is 10.3. The maximum atomic E-state index is 10.3. The zero-order valence-electron chi connectivity index (χ0n) is 19.6. The first-order chi connectivity index (χ1) is 13.6. The van der Waals surface area contributed by atoms with Crippen LogP contribution in [0.4, 0.5) is 0 Å². The van der Waals surface area contributed by atoms with Gasteiger partial charge in [-0.3, -0.25) is 0 Å². The molecule has 162 valence electrons. The third-order valence-corrected chi connectivity index (χ3v) is 8.62. The van der Waals surface area contributed by atoms with Crippen LogP contribution in [0.25, 0.3) is 0 Å². The van der Waals surface area contributed by atoms with Gasteiger partial charge in [-0.15, -0.1) is 0 Å². The molecular formula is C28H44O. The van der Waals surface area contributed by atoms with Crippen LogP contribution in [0.15, 0.2) is 47.6 Å². The molecule has 0 aromatic carbocycles. The zero-order valence-corrected chi connectivity index (χ0v) is 19.6. The highest BCUT2D eigenvalue weighted by atomic mass is 16.3. The minimum absolute atomic E-state index is 0.187. The van der Waals surface area contributed by atoms with Crippen molar-refractivity contribution in [2.75, 3.05) is 0 Å². The lowest BCUT2D eigenvalue weighted by Crippen LogP contribution is -2.35. The molecule has 3 saturated carbocycles. The van der Waals surface area contributed by atoms with E-state index < -0.39 is 5.60 Å². The quantitative estimate of drug-likeness (QED) is 0.470. The highest BCUT2D eigenvalue weighted by Crippen LogP contribution is 2.59. The SMILES string of the molecule is C=C1CCCC/C1=C/C=C1\CCC[C@]2(C)[C@@H]([C@H](C)/C=C/[C@H](C)C(C)(C)O)CC[C@@H]12. The minimum Gasteiger partial charge on any atom is -0.390 e. The fourth-order valence-electron chi connectivity index (χ4n) is 6.25. The predicted molar refractivity (Wildman–Crippen MR) is 126 cm³/mol. The Morgan fingerprint density at radius 2 is 1.76 bits per heavy atom. The van der Waals surface area contributed by atoms with Crippen LogP contribution in [0.2, 0.25) is 0 Å². The Morgan fingerprint density at radius 1 is 1.03 bits per heavy atom. The van der Waals surface area contributed by atoms with Gasteiger partial charge in [0.2, 0.25) is 0 Å². The van der Waals surface area contributed by atoms with Crippen molar-refractivity contribution in [1.82, 2.24) is 0 Å². The molecule has 3 fully saturated rings. The fourth-order valence-corrected chi connectivity index (χ4v) is 6.25. The Kier molecular flexibility index (Phi) is 6.99. The number of fused-ring (bicyclic) bond motifs is 1. The first-order valence-electron chi connectivity index (χ1n) is 12.1. The Morgan fingerprint density at radius 3 is 2.45 bits per heavy atom. The number of hydrogen-bond donors (Lipinski definition) is 1. The Labute approximate surface area is 180 Å². The Hall–Kier alpha value is -1.08. The lowest BCUT2D eigenvalue weighted by atomic mass is 9.61. The number of allylic oxidation sites excluding steroid dienone is 6. The van der Waals surface area contributed by atoms with Crippen LogP contribution in [-0.4, -0.2) is 10.7 Å². The molecule has 0 aromatic heterocycles. The molecule has 5 atom stereocenters. The van der Waals surface area contributed by atoms with E-state index in [4.69, 9.17) is 0 Å². The lowest BCUT2D eigenvalue weighted by molar-refractivity contribution is 0.0436. The smallest absolute Gasteiger partial charge is 0.0651 e. The second kappa shape index (κ2) is 8.96. The topological polar surface area (TPSA) is 20.2 Å². The standard InChI is InChI=1S/C28H44O/c1-20-10-7-8-11-23(20)15-16-24-12-9-19-28(6)25(17-18-26(24)28)21(2)13-14-22(3)27(4,5)29/h13-16,21-22,25-26,29H,1,7-12,17-19H2,2-6H3/b14-13+,23-15-,24-16+/t21-,22+,25-,26+,28-/m1/s1. The second-order valence-corrected chi connectivity index (χ2v) is 11.0. The van der Waals surface area contributed by atoms with Crippen molar-refractivity contribution in [1.29, 1.82) is 0 Å². The molecule has 3 rings (SSSR count). The molecule has 1 heteroatoms. The highest BCUT2D eigenvalue weighted by molar-refractivity contribution is 5.35. The molecule has 0 bridgehead atoms. The normalized spacial score (nSPS) is 36.0. The van der Waals surface area contributed by atoms with E-state index in [0.717, 1.165) is 11.8 Å². The molecule has 3 aliphatic rings. The molecule has 0 saturated heterocycles. The van der Waals surface area contributed by atoms with E-state index in [1.807, 2.05) is 13.8 Å². The summed E-state index contributed by atoms with van der Waals surface area (Å²) in [5, 5.41) is 10.3. The van der Waals surface area contributed by atoms with E-state index in [9.17, 15) is 5.11 Å². The van der Waals surface area contributed by atoms with Crippen LogP contribution in [0, 0.1) is 29.1 Å². The van der Waals surface area contributed by atoms with Gasteiger partial charge in [-0.05, 0) is 100 Å². The van der Waals surface area contributed by atoms with Crippen molar-refractivity contribution in [2.45, 2.75) is 98.0 Å². The molecule has 1 N–H and O–H groups in total. The first-order valence-corrected chi connectivity index (χ1v) is 12.1. The second-order valence-electron chi connectivity index (χ2n) is 11.0. The molecule has 0 radical (unpaired) electrons. The van der Waals surface area contributed by atoms with Crippen molar-refractivity contribution in [3.8, 4) is 0 Å². The van der Waals surface area contributed by atoms with E-state index in [1.54, 1.807) is 5.57 Å². The summed E-state index contributed by atoms with van der Waals surface area (Å²) < 4.78 is 0. The summed E-state index contributed by atoms with van der Waals surface area (Å²) >= 11 is 0. The number of hydrogen-bond acceptors (Lipinski definition) is 1. The van der Waals surface area contributed by atoms with Crippen molar-refractivity contribution in [3.63, 3.8) is 0 Å². The molecule has 1 nitrogen and oxygen atoms in total. The van der Waals surface area contributed by atoms with Crippen molar-refractivity contribution in [2.24, 2.45) is 29.1 Å². The minimum atomic E-state index is -0.643. The van der Waals surface area contributed by atoms with Gasteiger partial charge in [0, 0.05) is 5.92 Å². The van der Waals surface area contributed by atoms with Gasteiger partial charge in [0.25, 0.3) is 0 Å². The maximum Gasteiger partial charge on any atom is 0.0651 e. The molecule has 29 heavy (non-hydrogen) atoms. The van der Waals surface area contributed by atoms with Gasteiger partial charge in [-0.25, -0.2) is 0 Å². The average Bonchev–Trinajstić information content (AvgIpc) is 3.02. The Bertz CT molecular complexity index is 686. The lowest BCUT2D eigenvalue weighted by Gasteiger charge is -2.44. The predicted octanol–water partition coefficient (Wildman–Crippen LogP) is 7.79. The van der Waals surface area contributed by atoms with Crippen LogP contribution in [0.5, 0.6) is 0 Å². The third-order valence-electron chi connectivity index (χ3n) is 8.62. The van der Waals surface area contributed by atoms with E-state index in [0.29, 0.717) is 11.3 Å². The monoisotopic (exact) mass is 396 g/mol. The summed E-state index contributed by atoms with van der Waals surface area (Å²) in [5.41, 5.74) is 4.36. The molecule has 0 aliphatic heterocycles. The van der Waals surface area contributed by atoms with Crippen molar-refractivity contribution >= 4 is 0 Å². The molecule has 0 spiro atoms. The van der Waals surface area contributed by atoms with Gasteiger partial charge in [0.1, 0.15) is 0 Å². The highest BCUT2D eigenvalue weighted by Gasteiger charge is 2.50. The summed E-state index contributed by atoms with van der Waals surface area (Å²) in [6.07, 6.45) is 21.3. The molecular weight excluding hydrogens is 352 g/mol. The third kappa shape index (κ3) is 4.98. The van der Waals surface area contributed by atoms with E-state index in [-0.39, 0.29) is 5.92 Å². The van der Waals surface area contributed by atoms with Gasteiger partial charge < -0.3 is 5.11 Å². The first kappa shape index (κ1) is 22.6. The fraction of sp³-hybridized carbons (Fsp3) is 0.714. The summed E-state index contributed by atoms with van der Waals surface area (Å²) in [6.45, 7) is 15.2. The summed E-state index contributed by atoms with van der Waals surface area (Å²) in [6, 6.07) is 0. The van der Waals surface area contributed by atoms with Crippen LogP contribution < -0.4 is 0 Å². The summed E-state index contributed by atoms with van der Waals surface area (Å²) in [7, 11) is 0. The molecule has 0 unspecified atom stereocenters. The van der Waals surface area contributed by atoms with Gasteiger partial charge in [-0.1, -0.05) is 62.8 Å². The van der Waals surface area contributed by atoms with E-state index >= 15 is 0 Å². The zero-order chi connectivity index (χ0) is 21.2. The summed E-state index contributed by atoms with van der Waals surface area (Å²) in [4.78, 5) is 0. The van der Waals surface area contributed by atoms with Crippen LogP contribution in [0.1, 0.15) is 92.4 Å². The van der Waals surface area contributed by atoms with Crippen LogP contribution >= 0.6 is 0 Å². The van der Waals surface area contributed by atoms with E-state index in [2.05, 4.69) is 51.7 Å². The van der Waals surface area contributed by atoms with Crippen LogP contribution in [-0.2, 0) is 0 Å². The average molecular weight is 397 g/mol. The van der Waals surface area contributed by atoms with Gasteiger partial charge in [-0.2, -0.15) is 0 Å².